The molecule has 2 rings (SSSR count). The summed E-state index contributed by atoms with van der Waals surface area (Å²) in [6.07, 6.45) is 1.84. The number of esters is 1. The predicted octanol–water partition coefficient (Wildman–Crippen LogP) is 2.28. The Morgan fingerprint density at radius 1 is 1.38 bits per heavy atom. The minimum absolute atomic E-state index is 0.259. The van der Waals surface area contributed by atoms with Crippen molar-refractivity contribution in [1.29, 1.82) is 0 Å². The molecule has 0 fully saturated rings. The first-order valence-electron chi connectivity index (χ1n) is 8.71. The van der Waals surface area contributed by atoms with Gasteiger partial charge in [0, 0.05) is 13.6 Å². The molecule has 0 aliphatic carbocycles. The molecule has 7 heteroatoms. The van der Waals surface area contributed by atoms with E-state index in [1.54, 1.807) is 6.92 Å². The Labute approximate surface area is 154 Å². The second-order valence-corrected chi connectivity index (χ2v) is 6.08. The molecule has 1 heterocycles. The molecule has 2 aromatic rings. The van der Waals surface area contributed by atoms with Crippen LogP contribution in [0.2, 0.25) is 0 Å². The summed E-state index contributed by atoms with van der Waals surface area (Å²) in [4.78, 5) is 25.8. The molecule has 140 valence electrons. The minimum Gasteiger partial charge on any atom is -0.469 e. The van der Waals surface area contributed by atoms with Crippen molar-refractivity contribution in [2.45, 2.75) is 20.4 Å². The Morgan fingerprint density at radius 3 is 2.77 bits per heavy atom. The number of nitrogens with zero attached hydrogens (tertiary/aromatic N) is 3. The summed E-state index contributed by atoms with van der Waals surface area (Å²) in [7, 11) is 3.33. The smallest absolute Gasteiger partial charge is 0.310 e. The van der Waals surface area contributed by atoms with Gasteiger partial charge in [-0.15, -0.1) is 0 Å². The van der Waals surface area contributed by atoms with Gasteiger partial charge in [-0.05, 0) is 12.5 Å². The summed E-state index contributed by atoms with van der Waals surface area (Å²) in [5, 5.41) is 3.24. The standard InChI is InChI=1S/C19H27N5O2/c1-5-20-19(22-11-14(2)18(25)26-4)24(3)13-17-21-12-16(23-17)15-9-7-6-8-10-15/h6-10,12,14H,5,11,13H2,1-4H3,(H,20,22)(H,21,23). The SMILES string of the molecule is CCNC(=NCC(C)C(=O)OC)N(C)Cc1ncc(-c2ccccc2)[nH]1. The summed E-state index contributed by atoms with van der Waals surface area (Å²) in [6, 6.07) is 10.1. The lowest BCUT2D eigenvalue weighted by Gasteiger charge is -2.21. The highest BCUT2D eigenvalue weighted by atomic mass is 16.5. The van der Waals surface area contributed by atoms with Gasteiger partial charge in [0.2, 0.25) is 0 Å². The van der Waals surface area contributed by atoms with Gasteiger partial charge < -0.3 is 19.9 Å². The number of aliphatic imine (C=N–C) groups is 1. The van der Waals surface area contributed by atoms with Crippen LogP contribution < -0.4 is 5.32 Å². The Hall–Kier alpha value is -2.83. The van der Waals surface area contributed by atoms with Crippen LogP contribution in [0, 0.1) is 5.92 Å². The molecule has 0 radical (unpaired) electrons. The zero-order valence-corrected chi connectivity index (χ0v) is 15.8. The normalized spacial score (nSPS) is 12.5. The molecular weight excluding hydrogens is 330 g/mol. The fourth-order valence-corrected chi connectivity index (χ4v) is 2.48. The van der Waals surface area contributed by atoms with E-state index in [0.29, 0.717) is 13.1 Å². The Balaban J connectivity index is 2.04. The molecule has 1 aromatic heterocycles. The summed E-state index contributed by atoms with van der Waals surface area (Å²) in [5.74, 6) is 1.03. The number of carbonyl (C=O) groups excluding carboxylic acids is 1. The van der Waals surface area contributed by atoms with Gasteiger partial charge in [-0.3, -0.25) is 9.79 Å². The lowest BCUT2D eigenvalue weighted by atomic mass is 10.2. The van der Waals surface area contributed by atoms with Gasteiger partial charge in [0.15, 0.2) is 5.96 Å². The summed E-state index contributed by atoms with van der Waals surface area (Å²) in [5.41, 5.74) is 2.08. The summed E-state index contributed by atoms with van der Waals surface area (Å²) in [6.45, 7) is 5.49. The van der Waals surface area contributed by atoms with E-state index in [4.69, 9.17) is 4.74 Å². The van der Waals surface area contributed by atoms with E-state index in [2.05, 4.69) is 20.3 Å². The maximum absolute atomic E-state index is 11.5. The molecule has 0 saturated carbocycles. The van der Waals surface area contributed by atoms with Crippen LogP contribution in [0.5, 0.6) is 0 Å². The first-order valence-corrected chi connectivity index (χ1v) is 8.71. The van der Waals surface area contributed by atoms with Gasteiger partial charge >= 0.3 is 5.97 Å². The highest BCUT2D eigenvalue weighted by molar-refractivity contribution is 5.80. The topological polar surface area (TPSA) is 82.6 Å². The molecule has 2 N–H and O–H groups in total. The van der Waals surface area contributed by atoms with E-state index < -0.39 is 0 Å². The van der Waals surface area contributed by atoms with Gasteiger partial charge in [-0.2, -0.15) is 0 Å². The molecule has 26 heavy (non-hydrogen) atoms. The number of methoxy groups -OCH3 is 1. The molecule has 0 amide bonds. The van der Waals surface area contributed by atoms with Crippen molar-refractivity contribution in [3.63, 3.8) is 0 Å². The van der Waals surface area contributed by atoms with Gasteiger partial charge in [0.05, 0.1) is 38.0 Å². The largest absolute Gasteiger partial charge is 0.469 e. The zero-order valence-electron chi connectivity index (χ0n) is 15.8. The zero-order chi connectivity index (χ0) is 18.9. The van der Waals surface area contributed by atoms with E-state index >= 15 is 0 Å². The second-order valence-electron chi connectivity index (χ2n) is 6.08. The van der Waals surface area contributed by atoms with E-state index in [1.807, 2.05) is 55.4 Å². The first kappa shape index (κ1) is 19.5. The lowest BCUT2D eigenvalue weighted by Crippen LogP contribution is -2.39. The Kier molecular flexibility index (Phi) is 7.20. The number of benzene rings is 1. The van der Waals surface area contributed by atoms with Crippen molar-refractivity contribution >= 4 is 11.9 Å². The van der Waals surface area contributed by atoms with Gasteiger partial charge in [0.1, 0.15) is 5.82 Å². The van der Waals surface area contributed by atoms with E-state index in [-0.39, 0.29) is 11.9 Å². The number of hydrogen-bond donors (Lipinski definition) is 2. The number of guanidine groups is 1. The van der Waals surface area contributed by atoms with Crippen molar-refractivity contribution < 1.29 is 9.53 Å². The average molecular weight is 357 g/mol. The van der Waals surface area contributed by atoms with Crippen LogP contribution in [-0.2, 0) is 16.1 Å². The summed E-state index contributed by atoms with van der Waals surface area (Å²) < 4.78 is 4.75. The molecule has 0 aliphatic rings. The average Bonchev–Trinajstić information content (AvgIpc) is 3.13. The summed E-state index contributed by atoms with van der Waals surface area (Å²) >= 11 is 0. The third kappa shape index (κ3) is 5.34. The quantitative estimate of drug-likeness (QED) is 0.451. The number of ether oxygens (including phenoxy) is 1. The van der Waals surface area contributed by atoms with Crippen molar-refractivity contribution in [2.75, 3.05) is 27.2 Å². The number of H-pyrrole nitrogens is 1. The molecule has 0 saturated heterocycles. The van der Waals surface area contributed by atoms with Crippen LogP contribution in [0.4, 0.5) is 0 Å². The number of imidazole rings is 1. The van der Waals surface area contributed by atoms with Crippen LogP contribution in [-0.4, -0.2) is 54.0 Å². The fraction of sp³-hybridized carbons (Fsp3) is 0.421. The monoisotopic (exact) mass is 357 g/mol. The van der Waals surface area contributed by atoms with E-state index in [0.717, 1.165) is 29.6 Å². The maximum Gasteiger partial charge on any atom is 0.310 e. The maximum atomic E-state index is 11.5. The van der Waals surface area contributed by atoms with E-state index in [1.165, 1.54) is 7.11 Å². The number of carbonyl (C=O) groups is 1. The van der Waals surface area contributed by atoms with Crippen LogP contribution in [0.3, 0.4) is 0 Å². The molecule has 1 aromatic carbocycles. The predicted molar refractivity (Wildman–Crippen MR) is 103 cm³/mol. The number of aromatic amines is 1. The Morgan fingerprint density at radius 2 is 2.12 bits per heavy atom. The van der Waals surface area contributed by atoms with Crippen LogP contribution >= 0.6 is 0 Å². The van der Waals surface area contributed by atoms with Crippen molar-refractivity contribution in [1.82, 2.24) is 20.2 Å². The second kappa shape index (κ2) is 9.60. The molecule has 0 spiro atoms. The molecule has 1 unspecified atom stereocenters. The van der Waals surface area contributed by atoms with Crippen molar-refractivity contribution in [3.8, 4) is 11.3 Å². The van der Waals surface area contributed by atoms with Gasteiger partial charge in [-0.1, -0.05) is 37.3 Å². The molecule has 1 atom stereocenters. The molecule has 0 aliphatic heterocycles. The van der Waals surface area contributed by atoms with Gasteiger partial charge in [-0.25, -0.2) is 4.98 Å². The molecular formula is C19H27N5O2. The van der Waals surface area contributed by atoms with Crippen molar-refractivity contribution in [3.05, 3.63) is 42.4 Å². The number of rotatable bonds is 7. The van der Waals surface area contributed by atoms with Crippen LogP contribution in [0.25, 0.3) is 11.3 Å². The molecule has 0 bridgehead atoms. The third-order valence-electron chi connectivity index (χ3n) is 3.92. The first-order chi connectivity index (χ1) is 12.5. The van der Waals surface area contributed by atoms with Crippen LogP contribution in [0.1, 0.15) is 19.7 Å². The highest BCUT2D eigenvalue weighted by Gasteiger charge is 2.14. The molecule has 7 nitrogen and oxygen atoms in total. The van der Waals surface area contributed by atoms with E-state index in [9.17, 15) is 4.79 Å². The number of nitrogens with one attached hydrogen (secondary N) is 2. The number of hydrogen-bond acceptors (Lipinski definition) is 4. The minimum atomic E-state index is -0.282. The van der Waals surface area contributed by atoms with Gasteiger partial charge in [0.25, 0.3) is 0 Å². The van der Waals surface area contributed by atoms with Crippen molar-refractivity contribution in [2.24, 2.45) is 10.9 Å². The lowest BCUT2D eigenvalue weighted by molar-refractivity contribution is -0.144. The number of aromatic nitrogens is 2. The highest BCUT2D eigenvalue weighted by Crippen LogP contribution is 2.16. The van der Waals surface area contributed by atoms with Crippen LogP contribution in [0.15, 0.2) is 41.5 Å². The Bertz CT molecular complexity index is 727. The third-order valence-corrected chi connectivity index (χ3v) is 3.92. The fourth-order valence-electron chi connectivity index (χ4n) is 2.48.